The first kappa shape index (κ1) is 36.8. The van der Waals surface area contributed by atoms with Crippen LogP contribution < -0.4 is 0 Å². The van der Waals surface area contributed by atoms with Gasteiger partial charge >= 0.3 is 0 Å². The standard InChI is InChI=1S/C60H46O/c1-59(2,3)44-33-31-42(32-34-44)52-39-54-57(49-25-14-13-24-48(49)52)50-35-30-41(38-53(50)60(54,45-20-9-5-10-21-45)46-22-11-6-12-23-46)37-43(36-40-18-7-4-8-19-40)47-27-17-29-56-58(47)51-26-15-16-28-55(51)61-56/h4-35,37-39H,36H2,1-3H3/b43-37-. The first-order valence-electron chi connectivity index (χ1n) is 21.5. The first-order valence-corrected chi connectivity index (χ1v) is 21.5. The largest absolute Gasteiger partial charge is 0.456 e. The lowest BCUT2D eigenvalue weighted by Crippen LogP contribution is -2.28. The van der Waals surface area contributed by atoms with Crippen LogP contribution in [0.25, 0.3) is 66.6 Å². The van der Waals surface area contributed by atoms with E-state index in [1.165, 1.54) is 83.1 Å². The predicted molar refractivity (Wildman–Crippen MR) is 257 cm³/mol. The Kier molecular flexibility index (Phi) is 8.76. The monoisotopic (exact) mass is 782 g/mol. The summed E-state index contributed by atoms with van der Waals surface area (Å²) in [5.41, 5.74) is 17.7. The lowest BCUT2D eigenvalue weighted by Gasteiger charge is -2.34. The maximum atomic E-state index is 6.44. The average molecular weight is 783 g/mol. The summed E-state index contributed by atoms with van der Waals surface area (Å²) < 4.78 is 6.44. The fraction of sp³-hybridized carbons (Fsp3) is 0.100. The third kappa shape index (κ3) is 6.07. The van der Waals surface area contributed by atoms with Crippen LogP contribution in [-0.4, -0.2) is 0 Å². The van der Waals surface area contributed by atoms with Crippen LogP contribution in [0.1, 0.15) is 65.3 Å². The highest BCUT2D eigenvalue weighted by molar-refractivity contribution is 6.12. The molecule has 1 heterocycles. The van der Waals surface area contributed by atoms with Crippen LogP contribution in [0.3, 0.4) is 0 Å². The Morgan fingerprint density at radius 3 is 1.80 bits per heavy atom. The molecule has 0 aliphatic heterocycles. The van der Waals surface area contributed by atoms with Crippen LogP contribution in [-0.2, 0) is 17.3 Å². The summed E-state index contributed by atoms with van der Waals surface area (Å²) in [6.07, 6.45) is 3.20. The van der Waals surface area contributed by atoms with Crippen molar-refractivity contribution in [3.8, 4) is 22.3 Å². The summed E-state index contributed by atoms with van der Waals surface area (Å²) in [7, 11) is 0. The van der Waals surface area contributed by atoms with Crippen LogP contribution in [0.2, 0.25) is 0 Å². The number of furan rings is 1. The van der Waals surface area contributed by atoms with E-state index in [-0.39, 0.29) is 5.41 Å². The summed E-state index contributed by atoms with van der Waals surface area (Å²) in [5, 5.41) is 4.84. The molecule has 0 bridgehead atoms. The van der Waals surface area contributed by atoms with Gasteiger partial charge in [0.2, 0.25) is 0 Å². The minimum atomic E-state index is -0.582. The van der Waals surface area contributed by atoms with E-state index in [0.717, 1.165) is 28.4 Å². The minimum absolute atomic E-state index is 0.0713. The first-order chi connectivity index (χ1) is 29.9. The van der Waals surface area contributed by atoms with Gasteiger partial charge in [0.25, 0.3) is 0 Å². The van der Waals surface area contributed by atoms with Crippen LogP contribution >= 0.6 is 0 Å². The Bertz CT molecular complexity index is 3230. The molecule has 9 aromatic carbocycles. The predicted octanol–water partition coefficient (Wildman–Crippen LogP) is 15.9. The maximum Gasteiger partial charge on any atom is 0.136 e. The van der Waals surface area contributed by atoms with Gasteiger partial charge in [-0.25, -0.2) is 0 Å². The van der Waals surface area contributed by atoms with Crippen LogP contribution in [0.15, 0.2) is 211 Å². The number of benzene rings is 9. The van der Waals surface area contributed by atoms with Crippen molar-refractivity contribution >= 4 is 44.4 Å². The van der Waals surface area contributed by atoms with E-state index in [4.69, 9.17) is 4.42 Å². The number of fused-ring (bicyclic) bond motifs is 8. The Balaban J connectivity index is 1.20. The lowest BCUT2D eigenvalue weighted by atomic mass is 9.67. The molecule has 61 heavy (non-hydrogen) atoms. The zero-order valence-corrected chi connectivity index (χ0v) is 34.8. The molecule has 1 aromatic heterocycles. The van der Waals surface area contributed by atoms with E-state index < -0.39 is 5.41 Å². The molecule has 0 atom stereocenters. The minimum Gasteiger partial charge on any atom is -0.456 e. The number of rotatable bonds is 7. The Labute approximate surface area is 358 Å². The Morgan fingerprint density at radius 1 is 0.508 bits per heavy atom. The zero-order chi connectivity index (χ0) is 41.1. The van der Waals surface area contributed by atoms with E-state index in [0.29, 0.717) is 0 Å². The van der Waals surface area contributed by atoms with Gasteiger partial charge in [-0.1, -0.05) is 209 Å². The van der Waals surface area contributed by atoms with Crippen molar-refractivity contribution in [3.63, 3.8) is 0 Å². The molecule has 292 valence electrons. The van der Waals surface area contributed by atoms with Crippen molar-refractivity contribution in [2.45, 2.75) is 38.0 Å². The normalized spacial score (nSPS) is 13.5. The number of allylic oxidation sites excluding steroid dienone is 1. The molecule has 1 heteroatoms. The van der Waals surface area contributed by atoms with Crippen molar-refractivity contribution in [2.75, 3.05) is 0 Å². The highest BCUT2D eigenvalue weighted by Gasteiger charge is 2.47. The van der Waals surface area contributed by atoms with E-state index in [1.807, 2.05) is 6.07 Å². The highest BCUT2D eigenvalue weighted by Crippen LogP contribution is 2.59. The Hall–Kier alpha value is -7.22. The maximum absolute atomic E-state index is 6.44. The number of para-hydroxylation sites is 1. The summed E-state index contributed by atoms with van der Waals surface area (Å²) in [4.78, 5) is 0. The second kappa shape index (κ2) is 14.5. The topological polar surface area (TPSA) is 13.1 Å². The molecule has 0 spiro atoms. The molecule has 1 aliphatic carbocycles. The third-order valence-electron chi connectivity index (χ3n) is 13.0. The molecule has 0 saturated heterocycles. The number of hydrogen-bond acceptors (Lipinski definition) is 1. The van der Waals surface area contributed by atoms with Crippen molar-refractivity contribution < 1.29 is 4.42 Å². The summed E-state index contributed by atoms with van der Waals surface area (Å²) in [6, 6.07) is 76.1. The highest BCUT2D eigenvalue weighted by atomic mass is 16.3. The van der Waals surface area contributed by atoms with Gasteiger partial charge in [0.15, 0.2) is 0 Å². The van der Waals surface area contributed by atoms with Gasteiger partial charge in [0.1, 0.15) is 11.2 Å². The molecule has 0 unspecified atom stereocenters. The molecule has 10 aromatic rings. The molecule has 0 radical (unpaired) electrons. The van der Waals surface area contributed by atoms with Crippen molar-refractivity contribution in [3.05, 3.63) is 251 Å². The summed E-state index contributed by atoms with van der Waals surface area (Å²) in [6.45, 7) is 6.85. The Morgan fingerprint density at radius 2 is 1.11 bits per heavy atom. The lowest BCUT2D eigenvalue weighted by molar-refractivity contribution is 0.590. The molecule has 11 rings (SSSR count). The second-order valence-electron chi connectivity index (χ2n) is 17.6. The van der Waals surface area contributed by atoms with Gasteiger partial charge in [-0.05, 0) is 119 Å². The molecule has 0 amide bonds. The average Bonchev–Trinajstić information content (AvgIpc) is 3.83. The van der Waals surface area contributed by atoms with Crippen LogP contribution in [0.5, 0.6) is 0 Å². The third-order valence-corrected chi connectivity index (χ3v) is 13.0. The van der Waals surface area contributed by atoms with Crippen molar-refractivity contribution in [1.29, 1.82) is 0 Å². The second-order valence-corrected chi connectivity index (χ2v) is 17.6. The number of hydrogen-bond donors (Lipinski definition) is 0. The van der Waals surface area contributed by atoms with Crippen molar-refractivity contribution in [2.24, 2.45) is 0 Å². The fourth-order valence-electron chi connectivity index (χ4n) is 10.1. The van der Waals surface area contributed by atoms with Gasteiger partial charge in [-0.2, -0.15) is 0 Å². The molecule has 1 nitrogen and oxygen atoms in total. The van der Waals surface area contributed by atoms with Gasteiger partial charge < -0.3 is 4.42 Å². The molecule has 0 saturated carbocycles. The van der Waals surface area contributed by atoms with E-state index in [9.17, 15) is 0 Å². The molecule has 0 N–H and O–H groups in total. The quantitative estimate of drug-likeness (QED) is 0.147. The molecular formula is C60H46O. The van der Waals surface area contributed by atoms with Gasteiger partial charge in [0.05, 0.1) is 5.41 Å². The zero-order valence-electron chi connectivity index (χ0n) is 34.8. The van der Waals surface area contributed by atoms with Gasteiger partial charge in [-0.3, -0.25) is 0 Å². The van der Waals surface area contributed by atoms with E-state index in [1.54, 1.807) is 0 Å². The smallest absolute Gasteiger partial charge is 0.136 e. The molecular weight excluding hydrogens is 737 g/mol. The van der Waals surface area contributed by atoms with E-state index in [2.05, 4.69) is 227 Å². The fourth-order valence-corrected chi connectivity index (χ4v) is 10.1. The van der Waals surface area contributed by atoms with E-state index >= 15 is 0 Å². The van der Waals surface area contributed by atoms with Crippen LogP contribution in [0.4, 0.5) is 0 Å². The summed E-state index contributed by atoms with van der Waals surface area (Å²) >= 11 is 0. The molecule has 0 fully saturated rings. The SMILES string of the molecule is CC(C)(C)c1ccc(-c2cc3c(c4ccccc24)-c2ccc(/C=C(/Cc4ccccc4)c4cccc5oc6ccccc6c45)cc2C3(c2ccccc2)c2ccccc2)cc1. The van der Waals surface area contributed by atoms with Gasteiger partial charge in [0, 0.05) is 10.8 Å². The van der Waals surface area contributed by atoms with Crippen molar-refractivity contribution in [1.82, 2.24) is 0 Å². The van der Waals surface area contributed by atoms with Crippen LogP contribution in [0, 0.1) is 0 Å². The summed E-state index contributed by atoms with van der Waals surface area (Å²) in [5.74, 6) is 0. The molecule has 1 aliphatic rings. The van der Waals surface area contributed by atoms with Gasteiger partial charge in [-0.15, -0.1) is 0 Å².